The molecule has 5 unspecified atom stereocenters. The quantitative estimate of drug-likeness (QED) is 0.811. The number of fused-ring (bicyclic) bond motifs is 3. The number of allylic oxidation sites excluding steroid dienone is 1. The third kappa shape index (κ3) is 1.54. The number of carbonyl (C=O) groups is 1. The van der Waals surface area contributed by atoms with E-state index in [0.717, 1.165) is 30.6 Å². The molecule has 2 N–H and O–H groups in total. The van der Waals surface area contributed by atoms with Crippen LogP contribution in [0.4, 0.5) is 5.69 Å². The van der Waals surface area contributed by atoms with Crippen molar-refractivity contribution in [2.24, 2.45) is 17.6 Å². The van der Waals surface area contributed by atoms with Crippen LogP contribution in [0.25, 0.3) is 0 Å². The van der Waals surface area contributed by atoms with Crippen molar-refractivity contribution in [1.82, 2.24) is 4.65 Å². The lowest BCUT2D eigenvalue weighted by atomic mass is 9.64. The minimum absolute atomic E-state index is 0.106. The number of para-hydroxylation sites is 1. The monoisotopic (exact) mass is 311 g/mol. The Labute approximate surface area is 136 Å². The van der Waals surface area contributed by atoms with E-state index in [9.17, 15) is 4.79 Å². The molecule has 1 fully saturated rings. The number of nitrogens with zero attached hydrogens (tertiary/aromatic N) is 1. The van der Waals surface area contributed by atoms with E-state index in [-0.39, 0.29) is 12.0 Å². The van der Waals surface area contributed by atoms with Crippen LogP contribution in [0.1, 0.15) is 37.2 Å². The van der Waals surface area contributed by atoms with E-state index in [0.29, 0.717) is 28.7 Å². The molecular formula is C19H23N2O2+. The normalized spacial score (nSPS) is 40.9. The first-order chi connectivity index (χ1) is 11.2. The molecule has 5 rings (SSSR count). The Hall–Kier alpha value is -1.49. The molecule has 0 aromatic heterocycles. The molecule has 1 aromatic carbocycles. The molecular weight excluding hydrogens is 288 g/mol. The summed E-state index contributed by atoms with van der Waals surface area (Å²) in [4.78, 5) is 19.1. The fourth-order valence-electron chi connectivity index (χ4n) is 5.75. The summed E-state index contributed by atoms with van der Waals surface area (Å²) in [5.74, 6) is 1.09. The molecule has 120 valence electrons. The van der Waals surface area contributed by atoms with Crippen LogP contribution in [0, 0.1) is 11.8 Å². The zero-order valence-corrected chi connectivity index (χ0v) is 13.5. The summed E-state index contributed by atoms with van der Waals surface area (Å²) in [7, 11) is 1.76. The molecule has 2 heterocycles. The fourth-order valence-corrected chi connectivity index (χ4v) is 5.75. The second-order valence-electron chi connectivity index (χ2n) is 7.51. The largest absolute Gasteiger partial charge is 0.322 e. The Balaban J connectivity index is 1.86. The second-order valence-corrected chi connectivity index (χ2v) is 7.51. The molecule has 1 saturated carbocycles. The van der Waals surface area contributed by atoms with Gasteiger partial charge in [-0.3, -0.25) is 4.79 Å². The molecule has 0 amide bonds. The highest BCUT2D eigenvalue weighted by Gasteiger charge is 2.62. The van der Waals surface area contributed by atoms with Crippen molar-refractivity contribution in [3.8, 4) is 0 Å². The molecule has 0 saturated heterocycles. The van der Waals surface area contributed by atoms with E-state index in [4.69, 9.17) is 10.6 Å². The lowest BCUT2D eigenvalue weighted by molar-refractivity contribution is -0.128. The topological polar surface area (TPSA) is 52.3 Å². The van der Waals surface area contributed by atoms with Crippen LogP contribution in [0.3, 0.4) is 0 Å². The summed E-state index contributed by atoms with van der Waals surface area (Å²) >= 11 is 0. The summed E-state index contributed by atoms with van der Waals surface area (Å²) in [6.45, 7) is 0.744. The van der Waals surface area contributed by atoms with Crippen molar-refractivity contribution in [1.29, 1.82) is 0 Å². The molecule has 1 aromatic rings. The molecule has 4 heteroatoms. The first kappa shape index (κ1) is 13.9. The van der Waals surface area contributed by atoms with E-state index >= 15 is 0 Å². The van der Waals surface area contributed by atoms with E-state index in [1.54, 1.807) is 7.11 Å². The van der Waals surface area contributed by atoms with Gasteiger partial charge in [-0.1, -0.05) is 24.6 Å². The third-order valence-corrected chi connectivity index (χ3v) is 6.57. The number of hydroxylamine groups is 2. The van der Waals surface area contributed by atoms with E-state index in [1.807, 2.05) is 12.1 Å². The van der Waals surface area contributed by atoms with Crippen molar-refractivity contribution in [2.75, 3.05) is 13.7 Å². The van der Waals surface area contributed by atoms with Crippen molar-refractivity contribution in [3.05, 3.63) is 41.1 Å². The van der Waals surface area contributed by atoms with Gasteiger partial charge in [0.25, 0.3) is 0 Å². The van der Waals surface area contributed by atoms with Crippen molar-refractivity contribution >= 4 is 11.5 Å². The molecule has 0 radical (unpaired) electrons. The molecule has 5 atom stereocenters. The van der Waals surface area contributed by atoms with E-state index < -0.39 is 0 Å². The lowest BCUT2D eigenvalue weighted by Crippen LogP contribution is -2.61. The Kier molecular flexibility index (Phi) is 2.74. The van der Waals surface area contributed by atoms with Crippen molar-refractivity contribution in [2.45, 2.75) is 37.6 Å². The van der Waals surface area contributed by atoms with Gasteiger partial charge >= 0.3 is 0 Å². The molecule has 4 aliphatic rings. The number of ketones is 1. The number of carbonyl (C=O) groups excluding carboxylic acids is 1. The van der Waals surface area contributed by atoms with Crippen molar-refractivity contribution < 1.29 is 9.63 Å². The van der Waals surface area contributed by atoms with Crippen LogP contribution < -0.4 is 10.4 Å². The van der Waals surface area contributed by atoms with Gasteiger partial charge in [0.05, 0.1) is 13.2 Å². The lowest BCUT2D eigenvalue weighted by Gasteiger charge is -2.48. The third-order valence-electron chi connectivity index (χ3n) is 6.57. The number of quaternary nitrogens is 1. The minimum Gasteiger partial charge on any atom is -0.322 e. The summed E-state index contributed by atoms with van der Waals surface area (Å²) in [5, 5.41) is 0. The summed E-state index contributed by atoms with van der Waals surface area (Å²) < 4.78 is 0.357. The number of rotatable bonds is 1. The maximum absolute atomic E-state index is 13.0. The zero-order chi connectivity index (χ0) is 15.8. The molecule has 0 spiro atoms. The second kappa shape index (κ2) is 4.53. The number of hydrogen-bond donors (Lipinski definition) is 1. The standard InChI is InChI=1S/C19H23N2O2/c1-23-21-10-14(20)12-7-4-5-11-9-16(22)18(19(21)17(11)12)13-6-2-3-8-15(13)21/h2-3,6,8,11-12,14,18H,4-5,7,9-10,20H2,1H3/q+1. The minimum atomic E-state index is -0.106. The van der Waals surface area contributed by atoms with Crippen LogP contribution in [-0.4, -0.2) is 25.5 Å². The average Bonchev–Trinajstić information content (AvgIpc) is 2.87. The Morgan fingerprint density at radius 1 is 1.26 bits per heavy atom. The maximum Gasteiger partial charge on any atom is 0.174 e. The molecule has 23 heavy (non-hydrogen) atoms. The predicted octanol–water partition coefficient (Wildman–Crippen LogP) is 2.64. The molecule has 0 bridgehead atoms. The Morgan fingerprint density at radius 2 is 2.09 bits per heavy atom. The zero-order valence-electron chi connectivity index (χ0n) is 13.5. The van der Waals surface area contributed by atoms with E-state index in [1.165, 1.54) is 17.7 Å². The van der Waals surface area contributed by atoms with Gasteiger partial charge in [-0.2, -0.15) is 4.84 Å². The summed E-state index contributed by atoms with van der Waals surface area (Å²) in [6, 6.07) is 8.40. The van der Waals surface area contributed by atoms with Crippen LogP contribution in [0.5, 0.6) is 0 Å². The molecule has 4 nitrogen and oxygen atoms in total. The van der Waals surface area contributed by atoms with Gasteiger partial charge in [0.15, 0.2) is 17.2 Å². The van der Waals surface area contributed by atoms with Crippen LogP contribution in [0.15, 0.2) is 35.5 Å². The highest BCUT2D eigenvalue weighted by atomic mass is 16.7. The maximum atomic E-state index is 13.0. The van der Waals surface area contributed by atoms with Crippen molar-refractivity contribution in [3.63, 3.8) is 0 Å². The van der Waals surface area contributed by atoms with Gasteiger partial charge in [0.1, 0.15) is 12.5 Å². The Bertz CT molecular complexity index is 741. The van der Waals surface area contributed by atoms with Gasteiger partial charge < -0.3 is 5.73 Å². The van der Waals surface area contributed by atoms with Gasteiger partial charge in [0, 0.05) is 24.0 Å². The summed E-state index contributed by atoms with van der Waals surface area (Å²) in [5.41, 5.74) is 11.6. The van der Waals surface area contributed by atoms with Gasteiger partial charge in [-0.25, -0.2) is 0 Å². The molecule has 2 aliphatic carbocycles. The smallest absolute Gasteiger partial charge is 0.174 e. The number of Topliss-reactive ketones (excluding diaryl/α,β-unsaturated/α-hetero) is 1. The SMILES string of the molecule is CO[N+]12CC(N)C3CCCC4CC(=O)C(C1=C43)c1ccccc12. The van der Waals surface area contributed by atoms with Gasteiger partial charge in [-0.15, -0.1) is 4.65 Å². The van der Waals surface area contributed by atoms with Gasteiger partial charge in [0.2, 0.25) is 0 Å². The van der Waals surface area contributed by atoms with Gasteiger partial charge in [-0.05, 0) is 24.3 Å². The summed E-state index contributed by atoms with van der Waals surface area (Å²) in [6.07, 6.45) is 4.17. The molecule has 2 aliphatic heterocycles. The first-order valence-electron chi connectivity index (χ1n) is 8.73. The number of nitrogens with two attached hydrogens (primary N) is 1. The Morgan fingerprint density at radius 3 is 2.91 bits per heavy atom. The van der Waals surface area contributed by atoms with Crippen LogP contribution in [0.2, 0.25) is 0 Å². The van der Waals surface area contributed by atoms with E-state index in [2.05, 4.69) is 12.1 Å². The highest BCUT2D eigenvalue weighted by molar-refractivity contribution is 5.95. The average molecular weight is 311 g/mol. The highest BCUT2D eigenvalue weighted by Crippen LogP contribution is 2.60. The number of benzene rings is 1. The fraction of sp³-hybridized carbons (Fsp3) is 0.526. The van der Waals surface area contributed by atoms with Crippen LogP contribution >= 0.6 is 0 Å². The number of hydrogen-bond acceptors (Lipinski definition) is 3. The van der Waals surface area contributed by atoms with Crippen LogP contribution in [-0.2, 0) is 9.63 Å². The first-order valence-corrected chi connectivity index (χ1v) is 8.73. The predicted molar refractivity (Wildman–Crippen MR) is 88.3 cm³/mol.